The number of non-ortho nitro benzene ring substituents is 1. The smallest absolute Gasteiger partial charge is 0.270 e. The van der Waals surface area contributed by atoms with E-state index in [0.29, 0.717) is 28.3 Å². The number of nitro groups is 1. The van der Waals surface area contributed by atoms with E-state index < -0.39 is 10.8 Å². The number of ketones is 1. The van der Waals surface area contributed by atoms with Gasteiger partial charge in [-0.05, 0) is 24.6 Å². The second kappa shape index (κ2) is 7.06. The maximum atomic E-state index is 12.2. The summed E-state index contributed by atoms with van der Waals surface area (Å²) in [6, 6.07) is 8.93. The Balaban J connectivity index is 1.79. The summed E-state index contributed by atoms with van der Waals surface area (Å²) >= 11 is 0. The second-order valence-corrected chi connectivity index (χ2v) is 5.48. The SMILES string of the molecule is CC(=O)c1cc2c(cc1NC(=O)/C=C/c1cccc([N+](=O)[O-])c1)OCO2. The Morgan fingerprint density at radius 3 is 2.62 bits per heavy atom. The predicted molar refractivity (Wildman–Crippen MR) is 93.3 cm³/mol. The van der Waals surface area contributed by atoms with Crippen molar-refractivity contribution in [2.45, 2.75) is 6.92 Å². The lowest BCUT2D eigenvalue weighted by atomic mass is 10.1. The van der Waals surface area contributed by atoms with Crippen LogP contribution in [0, 0.1) is 10.1 Å². The molecule has 0 fully saturated rings. The Morgan fingerprint density at radius 1 is 1.19 bits per heavy atom. The maximum Gasteiger partial charge on any atom is 0.270 e. The van der Waals surface area contributed by atoms with Gasteiger partial charge in [0.15, 0.2) is 17.3 Å². The highest BCUT2D eigenvalue weighted by Gasteiger charge is 2.20. The zero-order valence-electron chi connectivity index (χ0n) is 13.7. The van der Waals surface area contributed by atoms with Crippen LogP contribution in [0.2, 0.25) is 0 Å². The number of rotatable bonds is 5. The third kappa shape index (κ3) is 3.69. The van der Waals surface area contributed by atoms with Crippen molar-refractivity contribution in [3.8, 4) is 11.5 Å². The molecule has 0 spiro atoms. The van der Waals surface area contributed by atoms with Crippen molar-refractivity contribution >= 4 is 29.1 Å². The lowest BCUT2D eigenvalue weighted by Crippen LogP contribution is -2.11. The largest absolute Gasteiger partial charge is 0.454 e. The molecule has 0 atom stereocenters. The second-order valence-electron chi connectivity index (χ2n) is 5.48. The molecular formula is C18H14N2O6. The van der Waals surface area contributed by atoms with E-state index in [1.54, 1.807) is 6.07 Å². The van der Waals surface area contributed by atoms with Crippen molar-refractivity contribution in [2.24, 2.45) is 0 Å². The van der Waals surface area contributed by atoms with Gasteiger partial charge >= 0.3 is 0 Å². The van der Waals surface area contributed by atoms with Crippen LogP contribution in [0.5, 0.6) is 11.5 Å². The summed E-state index contributed by atoms with van der Waals surface area (Å²) in [5, 5.41) is 13.4. The minimum absolute atomic E-state index is 0.0523. The van der Waals surface area contributed by atoms with Gasteiger partial charge in [-0.25, -0.2) is 0 Å². The summed E-state index contributed by atoms with van der Waals surface area (Å²) in [5.41, 5.74) is 1.04. The molecule has 26 heavy (non-hydrogen) atoms. The molecule has 8 nitrogen and oxygen atoms in total. The van der Waals surface area contributed by atoms with Gasteiger partial charge in [0.1, 0.15) is 0 Å². The minimum Gasteiger partial charge on any atom is -0.454 e. The van der Waals surface area contributed by atoms with Crippen molar-refractivity contribution in [1.29, 1.82) is 0 Å². The first-order valence-corrected chi connectivity index (χ1v) is 7.62. The number of carbonyl (C=O) groups excluding carboxylic acids is 2. The first-order chi connectivity index (χ1) is 12.4. The monoisotopic (exact) mass is 354 g/mol. The van der Waals surface area contributed by atoms with Gasteiger partial charge in [0, 0.05) is 29.8 Å². The van der Waals surface area contributed by atoms with Gasteiger partial charge in [0.2, 0.25) is 12.7 Å². The number of hydrogen-bond donors (Lipinski definition) is 1. The van der Waals surface area contributed by atoms with E-state index in [4.69, 9.17) is 9.47 Å². The van der Waals surface area contributed by atoms with Crippen molar-refractivity contribution in [3.63, 3.8) is 0 Å². The van der Waals surface area contributed by atoms with Crippen molar-refractivity contribution < 1.29 is 24.0 Å². The molecule has 0 aromatic heterocycles. The Morgan fingerprint density at radius 2 is 1.92 bits per heavy atom. The summed E-state index contributed by atoms with van der Waals surface area (Å²) in [6.45, 7) is 1.43. The topological polar surface area (TPSA) is 108 Å². The van der Waals surface area contributed by atoms with Crippen LogP contribution in [-0.2, 0) is 4.79 Å². The number of nitrogens with zero attached hydrogens (tertiary/aromatic N) is 1. The number of fused-ring (bicyclic) bond motifs is 1. The molecule has 1 amide bonds. The van der Waals surface area contributed by atoms with Gasteiger partial charge in [-0.3, -0.25) is 19.7 Å². The number of hydrogen-bond acceptors (Lipinski definition) is 6. The first-order valence-electron chi connectivity index (χ1n) is 7.62. The molecule has 8 heteroatoms. The molecule has 0 saturated carbocycles. The van der Waals surface area contributed by atoms with E-state index in [-0.39, 0.29) is 18.3 Å². The molecule has 1 aliphatic heterocycles. The average Bonchev–Trinajstić information content (AvgIpc) is 3.06. The highest BCUT2D eigenvalue weighted by atomic mass is 16.7. The first kappa shape index (κ1) is 17.2. The minimum atomic E-state index is -0.511. The molecule has 2 aromatic carbocycles. The molecule has 3 rings (SSSR count). The molecule has 0 saturated heterocycles. The van der Waals surface area contributed by atoms with Gasteiger partial charge in [-0.1, -0.05) is 12.1 Å². The van der Waals surface area contributed by atoms with Crippen LogP contribution in [0.1, 0.15) is 22.8 Å². The lowest BCUT2D eigenvalue weighted by molar-refractivity contribution is -0.384. The van der Waals surface area contributed by atoms with Crippen molar-refractivity contribution in [1.82, 2.24) is 0 Å². The van der Waals surface area contributed by atoms with Crippen molar-refractivity contribution in [3.05, 3.63) is 63.7 Å². The van der Waals surface area contributed by atoms with Gasteiger partial charge in [-0.15, -0.1) is 0 Å². The Hall–Kier alpha value is -3.68. The molecule has 0 bridgehead atoms. The molecule has 1 aliphatic rings. The van der Waals surface area contributed by atoms with Crippen LogP contribution in [0.25, 0.3) is 6.08 Å². The number of nitrogens with one attached hydrogen (secondary N) is 1. The number of nitro benzene ring substituents is 1. The molecule has 0 unspecified atom stereocenters. The van der Waals surface area contributed by atoms with Crippen LogP contribution in [0.4, 0.5) is 11.4 Å². The third-order valence-electron chi connectivity index (χ3n) is 3.66. The standard InChI is InChI=1S/C18H14N2O6/c1-11(21)14-8-16-17(26-10-25-16)9-15(14)19-18(22)6-5-12-3-2-4-13(7-12)20(23)24/h2-9H,10H2,1H3,(H,19,22)/b6-5+. The summed E-state index contributed by atoms with van der Waals surface area (Å²) in [6.07, 6.45) is 2.68. The molecule has 0 radical (unpaired) electrons. The number of anilines is 1. The average molecular weight is 354 g/mol. The number of carbonyl (C=O) groups is 2. The van der Waals surface area contributed by atoms with E-state index in [9.17, 15) is 19.7 Å². The summed E-state index contributed by atoms with van der Waals surface area (Å²) in [5.74, 6) is 0.160. The van der Waals surface area contributed by atoms with Crippen molar-refractivity contribution in [2.75, 3.05) is 12.1 Å². The fourth-order valence-corrected chi connectivity index (χ4v) is 2.43. The molecule has 0 aliphatic carbocycles. The summed E-state index contributed by atoms with van der Waals surface area (Å²) in [4.78, 5) is 34.2. The fourth-order valence-electron chi connectivity index (χ4n) is 2.43. The quantitative estimate of drug-likeness (QED) is 0.382. The third-order valence-corrected chi connectivity index (χ3v) is 3.66. The molecule has 1 N–H and O–H groups in total. The zero-order valence-corrected chi connectivity index (χ0v) is 13.7. The molecule has 1 heterocycles. The van der Waals surface area contributed by atoms with Crippen LogP contribution >= 0.6 is 0 Å². The van der Waals surface area contributed by atoms with E-state index >= 15 is 0 Å². The summed E-state index contributed by atoms with van der Waals surface area (Å²) in [7, 11) is 0. The number of amides is 1. The molecule has 132 valence electrons. The Kier molecular flexibility index (Phi) is 4.66. The summed E-state index contributed by atoms with van der Waals surface area (Å²) < 4.78 is 10.5. The Labute approximate surface area is 148 Å². The van der Waals surface area contributed by atoms with E-state index in [2.05, 4.69) is 5.32 Å². The van der Waals surface area contributed by atoms with E-state index in [0.717, 1.165) is 0 Å². The van der Waals surface area contributed by atoms with Crippen LogP contribution in [-0.4, -0.2) is 23.4 Å². The zero-order chi connectivity index (χ0) is 18.7. The van der Waals surface area contributed by atoms with E-state index in [1.807, 2.05) is 0 Å². The van der Waals surface area contributed by atoms with E-state index in [1.165, 1.54) is 49.4 Å². The lowest BCUT2D eigenvalue weighted by Gasteiger charge is -2.09. The number of ether oxygens (including phenoxy) is 2. The maximum absolute atomic E-state index is 12.2. The van der Waals surface area contributed by atoms with Gasteiger partial charge in [0.25, 0.3) is 5.69 Å². The van der Waals surface area contributed by atoms with Gasteiger partial charge < -0.3 is 14.8 Å². The van der Waals surface area contributed by atoms with Crippen LogP contribution in [0.3, 0.4) is 0 Å². The molecular weight excluding hydrogens is 340 g/mol. The normalized spacial score (nSPS) is 12.2. The Bertz CT molecular complexity index is 935. The van der Waals surface area contributed by atoms with Crippen LogP contribution in [0.15, 0.2) is 42.5 Å². The highest BCUT2D eigenvalue weighted by Crippen LogP contribution is 2.37. The van der Waals surface area contributed by atoms with Gasteiger partial charge in [-0.2, -0.15) is 0 Å². The predicted octanol–water partition coefficient (Wildman–Crippen LogP) is 3.18. The highest BCUT2D eigenvalue weighted by molar-refractivity contribution is 6.08. The van der Waals surface area contributed by atoms with Crippen LogP contribution < -0.4 is 14.8 Å². The number of benzene rings is 2. The molecule has 2 aromatic rings. The van der Waals surface area contributed by atoms with Gasteiger partial charge in [0.05, 0.1) is 10.6 Å². The fraction of sp³-hybridized carbons (Fsp3) is 0.111. The number of Topliss-reactive ketones (excluding diaryl/α,β-unsaturated/α-hetero) is 1.